The summed E-state index contributed by atoms with van der Waals surface area (Å²) < 4.78 is 0. The van der Waals surface area contributed by atoms with Crippen molar-refractivity contribution in [1.82, 2.24) is 0 Å². The lowest BCUT2D eigenvalue weighted by molar-refractivity contribution is -0.138. The molecule has 2 atom stereocenters. The number of aryl methyl sites for hydroxylation is 1. The average molecular weight is 232 g/mol. The van der Waals surface area contributed by atoms with Gasteiger partial charge in [0.2, 0.25) is 0 Å². The Morgan fingerprint density at radius 3 is 2.41 bits per heavy atom. The normalized spacial score (nSPS) is 23.5. The lowest BCUT2D eigenvalue weighted by atomic mass is 9.85. The van der Waals surface area contributed by atoms with E-state index in [4.69, 9.17) is 5.11 Å². The van der Waals surface area contributed by atoms with Gasteiger partial charge in [0.05, 0.1) is 5.92 Å². The first-order valence-corrected chi connectivity index (χ1v) is 6.14. The summed E-state index contributed by atoms with van der Waals surface area (Å²) in [5.74, 6) is -0.579. The summed E-state index contributed by atoms with van der Waals surface area (Å²) in [5.41, 5.74) is 3.90. The molecule has 2 rings (SSSR count). The van der Waals surface area contributed by atoms with Crippen LogP contribution in [0, 0.1) is 12.8 Å². The summed E-state index contributed by atoms with van der Waals surface area (Å²) in [6, 6.07) is 6.45. The predicted octanol–water partition coefficient (Wildman–Crippen LogP) is 3.48. The van der Waals surface area contributed by atoms with Crippen molar-refractivity contribution in [2.75, 3.05) is 0 Å². The first kappa shape index (κ1) is 12.2. The van der Waals surface area contributed by atoms with Crippen LogP contribution < -0.4 is 0 Å². The first-order valence-electron chi connectivity index (χ1n) is 6.14. The molecule has 1 aromatic carbocycles. The van der Waals surface area contributed by atoms with Gasteiger partial charge in [0, 0.05) is 0 Å². The van der Waals surface area contributed by atoms with Gasteiger partial charge in [0.25, 0.3) is 0 Å². The van der Waals surface area contributed by atoms with E-state index in [0.717, 1.165) is 6.42 Å². The molecule has 92 valence electrons. The van der Waals surface area contributed by atoms with Gasteiger partial charge in [-0.15, -0.1) is 0 Å². The van der Waals surface area contributed by atoms with Crippen LogP contribution in [0.3, 0.4) is 0 Å². The van der Waals surface area contributed by atoms with Crippen molar-refractivity contribution in [3.63, 3.8) is 0 Å². The van der Waals surface area contributed by atoms with E-state index in [1.165, 1.54) is 16.7 Å². The van der Waals surface area contributed by atoms with Crippen LogP contribution in [0.2, 0.25) is 0 Å². The van der Waals surface area contributed by atoms with Crippen LogP contribution in [-0.4, -0.2) is 11.1 Å². The summed E-state index contributed by atoms with van der Waals surface area (Å²) in [7, 11) is 0. The molecule has 2 unspecified atom stereocenters. The second-order valence-corrected chi connectivity index (χ2v) is 6.11. The highest BCUT2D eigenvalue weighted by atomic mass is 16.4. The van der Waals surface area contributed by atoms with E-state index < -0.39 is 5.97 Å². The van der Waals surface area contributed by atoms with Gasteiger partial charge in [-0.05, 0) is 41.4 Å². The molecular formula is C15H20O2. The van der Waals surface area contributed by atoms with Gasteiger partial charge in [-0.25, -0.2) is 0 Å². The van der Waals surface area contributed by atoms with E-state index in [1.54, 1.807) is 0 Å². The van der Waals surface area contributed by atoms with Crippen molar-refractivity contribution in [3.8, 4) is 0 Å². The van der Waals surface area contributed by atoms with Gasteiger partial charge in [-0.3, -0.25) is 4.79 Å². The second-order valence-electron chi connectivity index (χ2n) is 6.11. The fourth-order valence-corrected chi connectivity index (χ4v) is 2.37. The Balaban J connectivity index is 2.25. The van der Waals surface area contributed by atoms with E-state index in [9.17, 15) is 4.79 Å². The van der Waals surface area contributed by atoms with E-state index >= 15 is 0 Å². The molecule has 1 saturated carbocycles. The highest BCUT2D eigenvalue weighted by Gasteiger charge is 2.44. The standard InChI is InChI=1S/C15H20O2/c1-9-7-10(15(2,3)4)5-6-11(9)12-8-13(12)14(16)17/h5-7,12-13H,8H2,1-4H3,(H,16,17). The summed E-state index contributed by atoms with van der Waals surface area (Å²) in [5, 5.41) is 8.96. The smallest absolute Gasteiger partial charge is 0.307 e. The Hall–Kier alpha value is -1.31. The number of hydrogen-bond acceptors (Lipinski definition) is 1. The number of rotatable bonds is 2. The van der Waals surface area contributed by atoms with Crippen molar-refractivity contribution in [2.24, 2.45) is 5.92 Å². The zero-order valence-electron chi connectivity index (χ0n) is 10.9. The van der Waals surface area contributed by atoms with Gasteiger partial charge >= 0.3 is 5.97 Å². The van der Waals surface area contributed by atoms with Crippen molar-refractivity contribution in [3.05, 3.63) is 34.9 Å². The lowest BCUT2D eigenvalue weighted by Crippen LogP contribution is -2.11. The maximum atomic E-state index is 10.9. The Kier molecular flexibility index (Phi) is 2.76. The minimum absolute atomic E-state index is 0.152. The zero-order chi connectivity index (χ0) is 12.8. The number of carboxylic acids is 1. The molecule has 0 radical (unpaired) electrons. The highest BCUT2D eigenvalue weighted by molar-refractivity contribution is 5.75. The Morgan fingerprint density at radius 1 is 1.35 bits per heavy atom. The lowest BCUT2D eigenvalue weighted by Gasteiger charge is -2.20. The van der Waals surface area contributed by atoms with Crippen molar-refractivity contribution < 1.29 is 9.90 Å². The SMILES string of the molecule is Cc1cc(C(C)(C)C)ccc1C1CC1C(=O)O. The molecule has 0 amide bonds. The molecule has 0 spiro atoms. The molecule has 2 nitrogen and oxygen atoms in total. The third-order valence-electron chi connectivity index (χ3n) is 3.64. The minimum atomic E-state index is -0.658. The second kappa shape index (κ2) is 3.86. The molecule has 0 aliphatic heterocycles. The van der Waals surface area contributed by atoms with Crippen LogP contribution in [0.5, 0.6) is 0 Å². The highest BCUT2D eigenvalue weighted by Crippen LogP contribution is 2.48. The maximum Gasteiger partial charge on any atom is 0.307 e. The average Bonchev–Trinajstić information content (AvgIpc) is 2.95. The van der Waals surface area contributed by atoms with Crippen molar-refractivity contribution >= 4 is 5.97 Å². The van der Waals surface area contributed by atoms with E-state index in [2.05, 4.69) is 45.9 Å². The van der Waals surface area contributed by atoms with Gasteiger partial charge in [0.15, 0.2) is 0 Å². The molecule has 0 bridgehead atoms. The molecule has 1 N–H and O–H groups in total. The van der Waals surface area contributed by atoms with Crippen LogP contribution in [0.1, 0.15) is 49.8 Å². The topological polar surface area (TPSA) is 37.3 Å². The maximum absolute atomic E-state index is 10.9. The summed E-state index contributed by atoms with van der Waals surface area (Å²) in [4.78, 5) is 10.9. The third-order valence-corrected chi connectivity index (χ3v) is 3.64. The summed E-state index contributed by atoms with van der Waals surface area (Å²) in [6.45, 7) is 8.66. The fraction of sp³-hybridized carbons (Fsp3) is 0.533. The molecule has 1 fully saturated rings. The molecule has 1 aliphatic carbocycles. The third kappa shape index (κ3) is 2.36. The van der Waals surface area contributed by atoms with Crippen LogP contribution in [-0.2, 0) is 10.2 Å². The molecule has 1 aromatic rings. The quantitative estimate of drug-likeness (QED) is 0.847. The Bertz CT molecular complexity index is 454. The van der Waals surface area contributed by atoms with Crippen LogP contribution in [0.25, 0.3) is 0 Å². The molecule has 0 saturated heterocycles. The van der Waals surface area contributed by atoms with Crippen LogP contribution in [0.4, 0.5) is 0 Å². The molecule has 0 aromatic heterocycles. The number of benzene rings is 1. The zero-order valence-corrected chi connectivity index (χ0v) is 10.9. The monoisotopic (exact) mass is 232 g/mol. The van der Waals surface area contributed by atoms with Crippen LogP contribution in [0.15, 0.2) is 18.2 Å². The number of carboxylic acid groups (broad SMARTS) is 1. The number of carbonyl (C=O) groups is 1. The van der Waals surface area contributed by atoms with E-state index in [0.29, 0.717) is 0 Å². The van der Waals surface area contributed by atoms with Crippen LogP contribution >= 0.6 is 0 Å². The Labute approximate surface area is 103 Å². The van der Waals surface area contributed by atoms with Gasteiger partial charge in [0.1, 0.15) is 0 Å². The molecular weight excluding hydrogens is 212 g/mol. The molecule has 17 heavy (non-hydrogen) atoms. The molecule has 2 heteroatoms. The fourth-order valence-electron chi connectivity index (χ4n) is 2.37. The van der Waals surface area contributed by atoms with Gasteiger partial charge in [-0.1, -0.05) is 39.0 Å². The van der Waals surface area contributed by atoms with Crippen molar-refractivity contribution in [2.45, 2.75) is 45.4 Å². The number of aliphatic carboxylic acids is 1. The summed E-state index contributed by atoms with van der Waals surface area (Å²) >= 11 is 0. The summed E-state index contributed by atoms with van der Waals surface area (Å²) in [6.07, 6.45) is 0.797. The van der Waals surface area contributed by atoms with E-state index in [1.807, 2.05) is 0 Å². The first-order chi connectivity index (χ1) is 7.80. The Morgan fingerprint density at radius 2 is 2.00 bits per heavy atom. The van der Waals surface area contributed by atoms with Crippen molar-refractivity contribution in [1.29, 1.82) is 0 Å². The van der Waals surface area contributed by atoms with Gasteiger partial charge in [-0.2, -0.15) is 0 Å². The number of hydrogen-bond donors (Lipinski definition) is 1. The van der Waals surface area contributed by atoms with Gasteiger partial charge < -0.3 is 5.11 Å². The molecule has 0 heterocycles. The largest absolute Gasteiger partial charge is 0.481 e. The predicted molar refractivity (Wildman–Crippen MR) is 68.4 cm³/mol. The molecule has 1 aliphatic rings. The van der Waals surface area contributed by atoms with E-state index in [-0.39, 0.29) is 17.3 Å². The minimum Gasteiger partial charge on any atom is -0.481 e.